The highest BCUT2D eigenvalue weighted by atomic mass is 16.4. The van der Waals surface area contributed by atoms with Crippen molar-refractivity contribution in [3.63, 3.8) is 0 Å². The van der Waals surface area contributed by atoms with E-state index < -0.39 is 5.97 Å². The molecule has 0 aromatic carbocycles. The Kier molecular flexibility index (Phi) is 2.06. The first kappa shape index (κ1) is 11.2. The predicted molar refractivity (Wildman–Crippen MR) is 66.2 cm³/mol. The number of carboxylic acid groups (broad SMARTS) is 1. The number of rotatable bonds is 2. The van der Waals surface area contributed by atoms with Crippen LogP contribution < -0.4 is 0 Å². The van der Waals surface area contributed by atoms with E-state index in [1.807, 2.05) is 37.6 Å². The van der Waals surface area contributed by atoms with Crippen LogP contribution in [0.15, 0.2) is 18.3 Å². The summed E-state index contributed by atoms with van der Waals surface area (Å²) in [7, 11) is 1.89. The van der Waals surface area contributed by atoms with E-state index in [9.17, 15) is 9.90 Å². The van der Waals surface area contributed by atoms with E-state index in [0.29, 0.717) is 0 Å². The predicted octanol–water partition coefficient (Wildman–Crippen LogP) is 1.79. The molecule has 2 unspecified atom stereocenters. The average molecular weight is 245 g/mol. The van der Waals surface area contributed by atoms with Crippen LogP contribution in [0.2, 0.25) is 0 Å². The van der Waals surface area contributed by atoms with Crippen molar-refractivity contribution in [1.82, 2.24) is 14.5 Å². The first-order valence-electron chi connectivity index (χ1n) is 5.94. The lowest BCUT2D eigenvalue weighted by molar-refractivity contribution is -0.139. The Labute approximate surface area is 104 Å². The molecule has 1 aliphatic rings. The highest BCUT2D eigenvalue weighted by Crippen LogP contribution is 2.64. The SMILES string of the molecule is Cn1c(C2C(C(=O)O)C2(C)C)nc2cccnc21. The molecule has 5 nitrogen and oxygen atoms in total. The second kappa shape index (κ2) is 3.31. The fourth-order valence-corrected chi connectivity index (χ4v) is 2.90. The molecule has 0 radical (unpaired) electrons. The molecular formula is C13H15N3O2. The van der Waals surface area contributed by atoms with Crippen LogP contribution >= 0.6 is 0 Å². The monoisotopic (exact) mass is 245 g/mol. The van der Waals surface area contributed by atoms with Crippen molar-refractivity contribution in [2.45, 2.75) is 19.8 Å². The highest BCUT2D eigenvalue weighted by Gasteiger charge is 2.64. The quantitative estimate of drug-likeness (QED) is 0.875. The van der Waals surface area contributed by atoms with Gasteiger partial charge >= 0.3 is 5.97 Å². The lowest BCUT2D eigenvalue weighted by Crippen LogP contribution is -2.03. The highest BCUT2D eigenvalue weighted by molar-refractivity contribution is 5.78. The Balaban J connectivity index is 2.12. The van der Waals surface area contributed by atoms with Crippen molar-refractivity contribution in [1.29, 1.82) is 0 Å². The normalized spacial score (nSPS) is 25.3. The minimum absolute atomic E-state index is 0.0331. The zero-order valence-electron chi connectivity index (χ0n) is 10.6. The zero-order chi connectivity index (χ0) is 13.1. The second-order valence-electron chi connectivity index (χ2n) is 5.49. The van der Waals surface area contributed by atoms with Crippen molar-refractivity contribution < 1.29 is 9.90 Å². The van der Waals surface area contributed by atoms with Crippen molar-refractivity contribution in [3.05, 3.63) is 24.2 Å². The molecule has 2 aromatic heterocycles. The van der Waals surface area contributed by atoms with Gasteiger partial charge in [0.25, 0.3) is 0 Å². The number of pyridine rings is 1. The maximum Gasteiger partial charge on any atom is 0.307 e. The summed E-state index contributed by atoms with van der Waals surface area (Å²) in [5.74, 6) is -0.312. The molecule has 2 aromatic rings. The van der Waals surface area contributed by atoms with E-state index in [1.54, 1.807) is 6.20 Å². The fraction of sp³-hybridized carbons (Fsp3) is 0.462. The lowest BCUT2D eigenvalue weighted by Gasteiger charge is -2.02. The number of aromatic nitrogens is 3. The molecule has 1 N–H and O–H groups in total. The molecule has 1 aliphatic carbocycles. The standard InChI is InChI=1S/C13H15N3O2/c1-13(2)8(9(13)12(17)18)11-15-7-5-4-6-14-10(7)16(11)3/h4-6,8-9H,1-3H3,(H,17,18). The van der Waals surface area contributed by atoms with Gasteiger partial charge in [0.2, 0.25) is 0 Å². The lowest BCUT2D eigenvalue weighted by atomic mass is 10.1. The number of aliphatic carboxylic acids is 1. The Bertz CT molecular complexity index is 645. The molecule has 18 heavy (non-hydrogen) atoms. The Morgan fingerprint density at radius 2 is 2.22 bits per heavy atom. The molecule has 0 spiro atoms. The molecule has 2 atom stereocenters. The van der Waals surface area contributed by atoms with E-state index in [-0.39, 0.29) is 17.3 Å². The summed E-state index contributed by atoms with van der Waals surface area (Å²) >= 11 is 0. The maximum absolute atomic E-state index is 11.2. The van der Waals surface area contributed by atoms with Gasteiger partial charge in [0.1, 0.15) is 11.3 Å². The summed E-state index contributed by atoms with van der Waals surface area (Å²) < 4.78 is 1.91. The molecule has 1 fully saturated rings. The number of aryl methyl sites for hydroxylation is 1. The van der Waals surface area contributed by atoms with Gasteiger partial charge in [-0.05, 0) is 17.5 Å². The summed E-state index contributed by atoms with van der Waals surface area (Å²) in [5, 5.41) is 9.23. The van der Waals surface area contributed by atoms with Crippen molar-refractivity contribution in [3.8, 4) is 0 Å². The van der Waals surface area contributed by atoms with Gasteiger partial charge in [-0.3, -0.25) is 4.79 Å². The van der Waals surface area contributed by atoms with Gasteiger partial charge in [0, 0.05) is 19.2 Å². The number of hydrogen-bond donors (Lipinski definition) is 1. The van der Waals surface area contributed by atoms with Crippen LogP contribution in [0.5, 0.6) is 0 Å². The summed E-state index contributed by atoms with van der Waals surface area (Å²) in [6.07, 6.45) is 1.72. The third kappa shape index (κ3) is 1.30. The Morgan fingerprint density at radius 3 is 2.78 bits per heavy atom. The molecule has 2 heterocycles. The minimum atomic E-state index is -0.745. The summed E-state index contributed by atoms with van der Waals surface area (Å²) in [6.45, 7) is 3.95. The third-order valence-corrected chi connectivity index (χ3v) is 4.03. The van der Waals surface area contributed by atoms with Crippen LogP contribution in [-0.2, 0) is 11.8 Å². The fourth-order valence-electron chi connectivity index (χ4n) is 2.90. The number of carbonyl (C=O) groups is 1. The molecule has 0 aliphatic heterocycles. The summed E-state index contributed by atoms with van der Waals surface area (Å²) in [6, 6.07) is 3.74. The van der Waals surface area contributed by atoms with Gasteiger partial charge in [-0.1, -0.05) is 13.8 Å². The van der Waals surface area contributed by atoms with E-state index in [0.717, 1.165) is 17.0 Å². The van der Waals surface area contributed by atoms with Crippen LogP contribution in [0.1, 0.15) is 25.6 Å². The number of hydrogen-bond acceptors (Lipinski definition) is 3. The molecule has 0 amide bonds. The van der Waals surface area contributed by atoms with Crippen LogP contribution in [0.25, 0.3) is 11.2 Å². The number of imidazole rings is 1. The van der Waals surface area contributed by atoms with Gasteiger partial charge in [-0.15, -0.1) is 0 Å². The number of carboxylic acids is 1. The van der Waals surface area contributed by atoms with Gasteiger partial charge < -0.3 is 9.67 Å². The molecule has 94 valence electrons. The third-order valence-electron chi connectivity index (χ3n) is 4.03. The largest absolute Gasteiger partial charge is 0.481 e. The van der Waals surface area contributed by atoms with Gasteiger partial charge in [0.15, 0.2) is 5.65 Å². The van der Waals surface area contributed by atoms with Crippen LogP contribution in [-0.4, -0.2) is 25.6 Å². The van der Waals surface area contributed by atoms with Crippen LogP contribution in [0.4, 0.5) is 0 Å². The summed E-state index contributed by atoms with van der Waals surface area (Å²) in [4.78, 5) is 20.1. The summed E-state index contributed by atoms with van der Waals surface area (Å²) in [5.41, 5.74) is 1.39. The van der Waals surface area contributed by atoms with E-state index in [1.165, 1.54) is 0 Å². The van der Waals surface area contributed by atoms with Gasteiger partial charge in [-0.25, -0.2) is 9.97 Å². The van der Waals surface area contributed by atoms with Crippen LogP contribution in [0.3, 0.4) is 0 Å². The molecule has 3 rings (SSSR count). The number of fused-ring (bicyclic) bond motifs is 1. The second-order valence-corrected chi connectivity index (χ2v) is 5.49. The van der Waals surface area contributed by atoms with Gasteiger partial charge in [0.05, 0.1) is 5.92 Å². The Morgan fingerprint density at radius 1 is 1.50 bits per heavy atom. The molecular weight excluding hydrogens is 230 g/mol. The Hall–Kier alpha value is -1.91. The smallest absolute Gasteiger partial charge is 0.307 e. The van der Waals surface area contributed by atoms with Crippen LogP contribution in [0, 0.1) is 11.3 Å². The number of nitrogens with zero attached hydrogens (tertiary/aromatic N) is 3. The topological polar surface area (TPSA) is 68.0 Å². The maximum atomic E-state index is 11.2. The average Bonchev–Trinajstić information content (AvgIpc) is 2.73. The van der Waals surface area contributed by atoms with E-state index in [4.69, 9.17) is 0 Å². The zero-order valence-corrected chi connectivity index (χ0v) is 10.6. The van der Waals surface area contributed by atoms with Gasteiger partial charge in [-0.2, -0.15) is 0 Å². The first-order valence-corrected chi connectivity index (χ1v) is 5.94. The molecule has 0 bridgehead atoms. The van der Waals surface area contributed by atoms with Crippen molar-refractivity contribution in [2.75, 3.05) is 0 Å². The molecule has 1 saturated carbocycles. The molecule has 5 heteroatoms. The van der Waals surface area contributed by atoms with E-state index in [2.05, 4.69) is 9.97 Å². The first-order chi connectivity index (χ1) is 8.44. The minimum Gasteiger partial charge on any atom is -0.481 e. The molecule has 0 saturated heterocycles. The van der Waals surface area contributed by atoms with Crippen molar-refractivity contribution >= 4 is 17.1 Å². The van der Waals surface area contributed by atoms with E-state index >= 15 is 0 Å². The van der Waals surface area contributed by atoms with Crippen molar-refractivity contribution in [2.24, 2.45) is 18.4 Å².